The number of carbonyl (C=O) groups is 1. The molecule has 1 saturated heterocycles. The number of carbonyl (C=O) groups excluding carboxylic acids is 1. The number of alkyl halides is 1. The number of nitrogens with zero attached hydrogens (tertiary/aromatic N) is 1. The first kappa shape index (κ1) is 19.5. The Morgan fingerprint density at radius 3 is 2.50 bits per heavy atom. The number of hydrogen-bond donors (Lipinski definition) is 1. The predicted octanol–water partition coefficient (Wildman–Crippen LogP) is 4.67. The summed E-state index contributed by atoms with van der Waals surface area (Å²) < 4.78 is 0. The van der Waals surface area contributed by atoms with E-state index in [0.29, 0.717) is 0 Å². The van der Waals surface area contributed by atoms with E-state index in [1.807, 2.05) is 30.3 Å². The van der Waals surface area contributed by atoms with Crippen molar-refractivity contribution in [2.45, 2.75) is 69.3 Å². The van der Waals surface area contributed by atoms with Gasteiger partial charge in [-0.1, -0.05) is 59.1 Å². The molecule has 24 heavy (non-hydrogen) atoms. The number of rotatable bonds is 8. The zero-order valence-corrected chi connectivity index (χ0v) is 16.6. The average molecular weight is 395 g/mol. The van der Waals surface area contributed by atoms with E-state index < -0.39 is 0 Å². The molecule has 134 valence electrons. The molecular weight excluding hydrogens is 364 g/mol. The van der Waals surface area contributed by atoms with Crippen molar-refractivity contribution in [2.24, 2.45) is 0 Å². The van der Waals surface area contributed by atoms with Gasteiger partial charge in [-0.2, -0.15) is 0 Å². The van der Waals surface area contributed by atoms with Crippen LogP contribution in [0.5, 0.6) is 0 Å². The van der Waals surface area contributed by atoms with Crippen molar-refractivity contribution in [2.75, 3.05) is 13.1 Å². The van der Waals surface area contributed by atoms with E-state index in [4.69, 9.17) is 0 Å². The predicted molar refractivity (Wildman–Crippen MR) is 104 cm³/mol. The maximum Gasteiger partial charge on any atom is 0.238 e. The van der Waals surface area contributed by atoms with Gasteiger partial charge in [0.25, 0.3) is 0 Å². The minimum Gasteiger partial charge on any atom is -0.355 e. The lowest BCUT2D eigenvalue weighted by Crippen LogP contribution is -2.44. The lowest BCUT2D eigenvalue weighted by molar-refractivity contribution is -0.120. The molecule has 2 rings (SSSR count). The zero-order valence-electron chi connectivity index (χ0n) is 15.0. The summed E-state index contributed by atoms with van der Waals surface area (Å²) in [5.74, 6) is 0.0551. The second-order valence-electron chi connectivity index (χ2n) is 6.99. The fourth-order valence-corrected chi connectivity index (χ4v) is 4.05. The van der Waals surface area contributed by atoms with Crippen LogP contribution in [-0.4, -0.2) is 36.0 Å². The molecule has 0 bridgehead atoms. The summed E-state index contributed by atoms with van der Waals surface area (Å²) in [6.45, 7) is 6.67. The van der Waals surface area contributed by atoms with E-state index in [-0.39, 0.29) is 10.7 Å². The normalized spacial score (nSPS) is 23.0. The van der Waals surface area contributed by atoms with Gasteiger partial charge in [-0.05, 0) is 51.6 Å². The van der Waals surface area contributed by atoms with Gasteiger partial charge in [-0.3, -0.25) is 9.69 Å². The van der Waals surface area contributed by atoms with Crippen LogP contribution in [0.4, 0.5) is 0 Å². The molecule has 1 aromatic carbocycles. The summed E-state index contributed by atoms with van der Waals surface area (Å²) in [7, 11) is 0. The standard InChI is InChI=1S/C20H31BrN2O/c1-16-10-9-11-17(2)23(16)15-8-4-7-14-22-20(24)19(21)18-12-5-3-6-13-18/h3,5-6,12-13,16-17,19H,4,7-11,14-15H2,1-2H3,(H,22,24). The van der Waals surface area contributed by atoms with Crippen LogP contribution in [0.15, 0.2) is 30.3 Å². The number of hydrogen-bond acceptors (Lipinski definition) is 2. The fraction of sp³-hybridized carbons (Fsp3) is 0.650. The van der Waals surface area contributed by atoms with Gasteiger partial charge in [0.15, 0.2) is 0 Å². The lowest BCUT2D eigenvalue weighted by atomic mass is 9.97. The molecule has 3 atom stereocenters. The highest BCUT2D eigenvalue weighted by molar-refractivity contribution is 9.09. The molecule has 0 radical (unpaired) electrons. The third-order valence-corrected chi connectivity index (χ3v) is 6.04. The van der Waals surface area contributed by atoms with E-state index in [0.717, 1.165) is 30.6 Å². The topological polar surface area (TPSA) is 32.3 Å². The summed E-state index contributed by atoms with van der Waals surface area (Å²) in [4.78, 5) is 14.5. The number of unbranched alkanes of at least 4 members (excludes halogenated alkanes) is 2. The lowest BCUT2D eigenvalue weighted by Gasteiger charge is -2.39. The second-order valence-corrected chi connectivity index (χ2v) is 7.91. The molecule has 0 aromatic heterocycles. The molecule has 1 aliphatic heterocycles. The van der Waals surface area contributed by atoms with Crippen molar-refractivity contribution in [3.8, 4) is 0 Å². The third-order valence-electron chi connectivity index (χ3n) is 5.09. The van der Waals surface area contributed by atoms with Crippen molar-refractivity contribution < 1.29 is 4.79 Å². The summed E-state index contributed by atoms with van der Waals surface area (Å²) in [6, 6.07) is 11.3. The highest BCUT2D eigenvalue weighted by atomic mass is 79.9. The molecule has 1 N–H and O–H groups in total. The minimum atomic E-state index is -0.256. The van der Waals surface area contributed by atoms with Crippen LogP contribution >= 0.6 is 15.9 Å². The Bertz CT molecular complexity index is 484. The Morgan fingerprint density at radius 1 is 1.17 bits per heavy atom. The number of likely N-dealkylation sites (tertiary alicyclic amines) is 1. The molecule has 1 heterocycles. The van der Waals surface area contributed by atoms with Gasteiger partial charge in [0.05, 0.1) is 0 Å². The van der Waals surface area contributed by atoms with Crippen molar-refractivity contribution >= 4 is 21.8 Å². The molecule has 0 aliphatic carbocycles. The van der Waals surface area contributed by atoms with Crippen LogP contribution in [-0.2, 0) is 4.79 Å². The maximum atomic E-state index is 12.1. The number of piperidine rings is 1. The first-order valence-corrected chi connectivity index (χ1v) is 10.2. The Labute approximate surface area is 155 Å². The van der Waals surface area contributed by atoms with E-state index in [1.165, 1.54) is 38.6 Å². The van der Waals surface area contributed by atoms with Crippen LogP contribution < -0.4 is 5.32 Å². The van der Waals surface area contributed by atoms with E-state index >= 15 is 0 Å². The smallest absolute Gasteiger partial charge is 0.238 e. The number of amides is 1. The fourth-order valence-electron chi connectivity index (χ4n) is 3.59. The molecule has 3 nitrogen and oxygen atoms in total. The molecule has 1 aromatic rings. The maximum absolute atomic E-state index is 12.1. The highest BCUT2D eigenvalue weighted by Crippen LogP contribution is 2.23. The van der Waals surface area contributed by atoms with Crippen LogP contribution in [0, 0.1) is 0 Å². The van der Waals surface area contributed by atoms with Crippen molar-refractivity contribution in [1.82, 2.24) is 10.2 Å². The molecule has 0 spiro atoms. The first-order chi connectivity index (χ1) is 11.6. The van der Waals surface area contributed by atoms with Gasteiger partial charge in [0, 0.05) is 18.6 Å². The van der Waals surface area contributed by atoms with Gasteiger partial charge in [-0.25, -0.2) is 0 Å². The first-order valence-electron chi connectivity index (χ1n) is 9.32. The van der Waals surface area contributed by atoms with Gasteiger partial charge in [0.2, 0.25) is 5.91 Å². The van der Waals surface area contributed by atoms with Crippen LogP contribution in [0.2, 0.25) is 0 Å². The van der Waals surface area contributed by atoms with Gasteiger partial charge >= 0.3 is 0 Å². The molecule has 1 fully saturated rings. The molecule has 4 heteroatoms. The van der Waals surface area contributed by atoms with Gasteiger partial charge in [0.1, 0.15) is 4.83 Å². The van der Waals surface area contributed by atoms with E-state index in [2.05, 4.69) is 40.0 Å². The Hall–Kier alpha value is -0.870. The molecule has 3 unspecified atom stereocenters. The second kappa shape index (κ2) is 10.2. The monoisotopic (exact) mass is 394 g/mol. The number of nitrogens with one attached hydrogen (secondary N) is 1. The summed E-state index contributed by atoms with van der Waals surface area (Å²) in [5.41, 5.74) is 1.00. The van der Waals surface area contributed by atoms with Crippen LogP contribution in [0.1, 0.15) is 62.8 Å². The summed E-state index contributed by atoms with van der Waals surface area (Å²) in [5, 5.41) is 3.04. The molecular formula is C20H31BrN2O. The number of halogens is 1. The van der Waals surface area contributed by atoms with Crippen molar-refractivity contribution in [3.63, 3.8) is 0 Å². The Balaban J connectivity index is 1.58. The van der Waals surface area contributed by atoms with Gasteiger partial charge < -0.3 is 5.32 Å². The van der Waals surface area contributed by atoms with Crippen molar-refractivity contribution in [3.05, 3.63) is 35.9 Å². The average Bonchev–Trinajstić information content (AvgIpc) is 2.60. The Morgan fingerprint density at radius 2 is 1.83 bits per heavy atom. The van der Waals surface area contributed by atoms with E-state index in [1.54, 1.807) is 0 Å². The van der Waals surface area contributed by atoms with Crippen molar-refractivity contribution in [1.29, 1.82) is 0 Å². The molecule has 1 aliphatic rings. The van der Waals surface area contributed by atoms with Gasteiger partial charge in [-0.15, -0.1) is 0 Å². The van der Waals surface area contributed by atoms with E-state index in [9.17, 15) is 4.79 Å². The Kier molecular flexibility index (Phi) is 8.26. The largest absolute Gasteiger partial charge is 0.355 e. The molecule has 0 saturated carbocycles. The third kappa shape index (κ3) is 5.89. The number of benzene rings is 1. The van der Waals surface area contributed by atoms with Crippen LogP contribution in [0.3, 0.4) is 0 Å². The quantitative estimate of drug-likeness (QED) is 0.512. The molecule has 1 amide bonds. The summed E-state index contributed by atoms with van der Waals surface area (Å²) in [6.07, 6.45) is 7.51. The van der Waals surface area contributed by atoms with Crippen LogP contribution in [0.25, 0.3) is 0 Å². The zero-order chi connectivity index (χ0) is 17.4. The SMILES string of the molecule is CC1CCCC(C)N1CCCCCNC(=O)C(Br)c1ccccc1. The summed E-state index contributed by atoms with van der Waals surface area (Å²) >= 11 is 3.48. The minimum absolute atomic E-state index is 0.0551. The highest BCUT2D eigenvalue weighted by Gasteiger charge is 2.23.